The number of hydrogen-bond acceptors (Lipinski definition) is 1. The predicted octanol–water partition coefficient (Wildman–Crippen LogP) is 0.497. The Bertz CT molecular complexity index is 40.2. The van der Waals surface area contributed by atoms with Gasteiger partial charge in [-0.1, -0.05) is 0 Å². The first kappa shape index (κ1) is 3.44. The summed E-state index contributed by atoms with van der Waals surface area (Å²) in [6.45, 7) is 1.07. The second-order valence-electron chi connectivity index (χ2n) is 1.37. The van der Waals surface area contributed by atoms with Crippen molar-refractivity contribution in [1.82, 2.24) is 4.90 Å². The zero-order chi connectivity index (χ0) is 3.86. The summed E-state index contributed by atoms with van der Waals surface area (Å²) < 4.78 is 0. The van der Waals surface area contributed by atoms with Crippen LogP contribution in [-0.2, 0) is 0 Å². The van der Waals surface area contributed by atoms with E-state index < -0.39 is 0 Å². The normalized spacial score (nSPS) is 49.2. The molecule has 0 aromatic carbocycles. The Morgan fingerprint density at radius 3 is 2.20 bits per heavy atom. The van der Waals surface area contributed by atoms with Crippen LogP contribution in [-0.4, -0.2) is 24.0 Å². The van der Waals surface area contributed by atoms with Crippen LogP contribution in [0.4, 0.5) is 0 Å². The summed E-state index contributed by atoms with van der Waals surface area (Å²) in [5, 5.41) is 0. The highest BCUT2D eigenvalue weighted by molar-refractivity contribution is 6.22. The van der Waals surface area contributed by atoms with E-state index in [1.54, 1.807) is 0 Å². The van der Waals surface area contributed by atoms with E-state index in [9.17, 15) is 0 Å². The van der Waals surface area contributed by atoms with Crippen LogP contribution < -0.4 is 0 Å². The van der Waals surface area contributed by atoms with Gasteiger partial charge >= 0.3 is 0 Å². The molecule has 0 bridgehead atoms. The lowest BCUT2D eigenvalue weighted by Gasteiger charge is -1.73. The number of rotatable bonds is 0. The molecule has 1 saturated heterocycles. The molecule has 0 aliphatic carbocycles. The summed E-state index contributed by atoms with van der Waals surface area (Å²) in [5.74, 6) is 0. The third-order valence-corrected chi connectivity index (χ3v) is 1.25. The van der Waals surface area contributed by atoms with Gasteiger partial charge in [0.05, 0.1) is 5.50 Å². The highest BCUT2D eigenvalue weighted by Gasteiger charge is 2.25. The molecular formula is C3H6ClN. The van der Waals surface area contributed by atoms with E-state index in [1.165, 1.54) is 0 Å². The minimum absolute atomic E-state index is 0.356. The molecule has 1 rings (SSSR count). The Balaban J connectivity index is 2.20. The lowest BCUT2D eigenvalue weighted by molar-refractivity contribution is 0.680. The Morgan fingerprint density at radius 2 is 2.20 bits per heavy atom. The summed E-state index contributed by atoms with van der Waals surface area (Å²) in [7, 11) is 2.00. The first-order valence-electron chi connectivity index (χ1n) is 1.65. The summed E-state index contributed by atoms with van der Waals surface area (Å²) >= 11 is 5.46. The lowest BCUT2D eigenvalue weighted by Crippen LogP contribution is -1.81. The zero-order valence-electron chi connectivity index (χ0n) is 3.11. The average molecular weight is 91.5 g/mol. The molecule has 0 N–H and O–H groups in total. The van der Waals surface area contributed by atoms with E-state index in [-0.39, 0.29) is 0 Å². The van der Waals surface area contributed by atoms with Crippen LogP contribution in [0.3, 0.4) is 0 Å². The molecule has 0 saturated carbocycles. The van der Waals surface area contributed by atoms with Gasteiger partial charge < -0.3 is 0 Å². The van der Waals surface area contributed by atoms with E-state index in [2.05, 4.69) is 4.90 Å². The lowest BCUT2D eigenvalue weighted by atomic mass is 11.0. The fraction of sp³-hybridized carbons (Fsp3) is 1.00. The molecule has 1 aliphatic rings. The van der Waals surface area contributed by atoms with E-state index in [0.717, 1.165) is 6.54 Å². The molecule has 0 aromatic heterocycles. The molecule has 0 spiro atoms. The summed E-state index contributed by atoms with van der Waals surface area (Å²) in [6, 6.07) is 0. The molecule has 1 aliphatic heterocycles. The number of nitrogens with zero attached hydrogens (tertiary/aromatic N) is 1. The van der Waals surface area contributed by atoms with Crippen molar-refractivity contribution in [3.8, 4) is 0 Å². The van der Waals surface area contributed by atoms with Gasteiger partial charge in [-0.2, -0.15) is 0 Å². The van der Waals surface area contributed by atoms with E-state index in [1.807, 2.05) is 7.05 Å². The van der Waals surface area contributed by atoms with Crippen molar-refractivity contribution in [2.75, 3.05) is 13.6 Å². The molecular weight excluding hydrogens is 85.5 g/mol. The predicted molar refractivity (Wildman–Crippen MR) is 22.3 cm³/mol. The van der Waals surface area contributed by atoms with Gasteiger partial charge in [0.25, 0.3) is 0 Å². The van der Waals surface area contributed by atoms with Crippen molar-refractivity contribution in [2.45, 2.75) is 5.50 Å². The van der Waals surface area contributed by atoms with Crippen molar-refractivity contribution >= 4 is 11.6 Å². The van der Waals surface area contributed by atoms with Crippen molar-refractivity contribution in [3.63, 3.8) is 0 Å². The van der Waals surface area contributed by atoms with Gasteiger partial charge in [0.15, 0.2) is 0 Å². The highest BCUT2D eigenvalue weighted by atomic mass is 35.5. The van der Waals surface area contributed by atoms with Gasteiger partial charge in [-0.25, -0.2) is 0 Å². The molecule has 1 fully saturated rings. The molecule has 0 amide bonds. The van der Waals surface area contributed by atoms with Crippen LogP contribution in [0.25, 0.3) is 0 Å². The second kappa shape index (κ2) is 0.854. The van der Waals surface area contributed by atoms with Crippen LogP contribution in [0.5, 0.6) is 0 Å². The Hall–Kier alpha value is 0.250. The van der Waals surface area contributed by atoms with Gasteiger partial charge in [0.2, 0.25) is 0 Å². The third kappa shape index (κ3) is 0.551. The van der Waals surface area contributed by atoms with Gasteiger partial charge in [0.1, 0.15) is 0 Å². The van der Waals surface area contributed by atoms with Crippen molar-refractivity contribution in [3.05, 3.63) is 0 Å². The fourth-order valence-corrected chi connectivity index (χ4v) is 0.408. The molecule has 0 radical (unpaired) electrons. The monoisotopic (exact) mass is 91.0 g/mol. The molecule has 30 valence electrons. The highest BCUT2D eigenvalue weighted by Crippen LogP contribution is 2.15. The molecule has 1 nitrogen and oxygen atoms in total. The van der Waals surface area contributed by atoms with E-state index >= 15 is 0 Å². The Morgan fingerprint density at radius 1 is 2.00 bits per heavy atom. The maximum Gasteiger partial charge on any atom is 0.0977 e. The fourth-order valence-electron chi connectivity index (χ4n) is 0.190. The quantitative estimate of drug-likeness (QED) is 0.238. The molecule has 1 heterocycles. The smallest absolute Gasteiger partial charge is 0.0977 e. The topological polar surface area (TPSA) is 3.01 Å². The maximum absolute atomic E-state index is 5.46. The van der Waals surface area contributed by atoms with Crippen molar-refractivity contribution < 1.29 is 0 Å². The third-order valence-electron chi connectivity index (χ3n) is 0.783. The van der Waals surface area contributed by atoms with Gasteiger partial charge in [-0.3, -0.25) is 4.90 Å². The van der Waals surface area contributed by atoms with Crippen LogP contribution in [0.1, 0.15) is 0 Å². The summed E-state index contributed by atoms with van der Waals surface area (Å²) in [6.07, 6.45) is 0. The second-order valence-corrected chi connectivity index (χ2v) is 1.88. The van der Waals surface area contributed by atoms with Crippen LogP contribution in [0.15, 0.2) is 0 Å². The number of likely N-dealkylation sites (N-methyl/N-ethyl adjacent to an activating group) is 1. The van der Waals surface area contributed by atoms with Gasteiger partial charge in [0, 0.05) is 6.54 Å². The van der Waals surface area contributed by atoms with Crippen LogP contribution >= 0.6 is 11.6 Å². The first-order valence-corrected chi connectivity index (χ1v) is 2.08. The minimum atomic E-state index is 0.356. The SMILES string of the molecule is CN1CC1Cl. The number of halogens is 1. The molecule has 5 heavy (non-hydrogen) atoms. The van der Waals surface area contributed by atoms with Gasteiger partial charge in [-0.15, -0.1) is 11.6 Å². The maximum atomic E-state index is 5.46. The zero-order valence-corrected chi connectivity index (χ0v) is 3.87. The van der Waals surface area contributed by atoms with Gasteiger partial charge in [-0.05, 0) is 7.05 Å². The standard InChI is InChI=1S/C3H6ClN/c1-5-2-3(5)4/h3H,2H2,1H3. The molecule has 2 unspecified atom stereocenters. The van der Waals surface area contributed by atoms with Crippen LogP contribution in [0, 0.1) is 0 Å². The largest absolute Gasteiger partial charge is 0.287 e. The first-order chi connectivity index (χ1) is 2.30. The average Bonchev–Trinajstić information content (AvgIpc) is 1.79. The Kier molecular flexibility index (Phi) is 0.588. The van der Waals surface area contributed by atoms with Crippen LogP contribution in [0.2, 0.25) is 0 Å². The number of alkyl halides is 1. The van der Waals surface area contributed by atoms with E-state index in [0.29, 0.717) is 5.50 Å². The van der Waals surface area contributed by atoms with Crippen molar-refractivity contribution in [2.24, 2.45) is 0 Å². The molecule has 2 atom stereocenters. The summed E-state index contributed by atoms with van der Waals surface area (Å²) in [5.41, 5.74) is 0.356. The molecule has 2 heteroatoms. The van der Waals surface area contributed by atoms with Crippen molar-refractivity contribution in [1.29, 1.82) is 0 Å². The summed E-state index contributed by atoms with van der Waals surface area (Å²) in [4.78, 5) is 2.06. The minimum Gasteiger partial charge on any atom is -0.287 e. The van der Waals surface area contributed by atoms with E-state index in [4.69, 9.17) is 11.6 Å². The number of hydrogen-bond donors (Lipinski definition) is 0. The Labute approximate surface area is 36.5 Å². The molecule has 0 aromatic rings.